The normalized spacial score (nSPS) is 14.8. The minimum absolute atomic E-state index is 0.0802. The molecular formula is C27H27FN2O4. The van der Waals surface area contributed by atoms with Crippen LogP contribution < -0.4 is 14.8 Å². The molecule has 0 radical (unpaired) electrons. The molecule has 4 rings (SSSR count). The minimum atomic E-state index is -0.465. The lowest BCUT2D eigenvalue weighted by molar-refractivity contribution is -0.119. The van der Waals surface area contributed by atoms with Gasteiger partial charge in [0, 0.05) is 25.9 Å². The van der Waals surface area contributed by atoms with Gasteiger partial charge in [-0.1, -0.05) is 6.07 Å². The van der Waals surface area contributed by atoms with E-state index in [9.17, 15) is 14.3 Å². The molecular weight excluding hydrogens is 435 g/mol. The van der Waals surface area contributed by atoms with Crippen LogP contribution in [0.5, 0.6) is 17.2 Å². The Morgan fingerprint density at radius 1 is 1.12 bits per heavy atom. The summed E-state index contributed by atoms with van der Waals surface area (Å²) in [4.78, 5) is 12.2. The molecule has 0 spiro atoms. The summed E-state index contributed by atoms with van der Waals surface area (Å²) < 4.78 is 26.9. The van der Waals surface area contributed by atoms with Gasteiger partial charge in [-0.15, -0.1) is 0 Å². The predicted molar refractivity (Wildman–Crippen MR) is 130 cm³/mol. The van der Waals surface area contributed by atoms with E-state index in [1.165, 1.54) is 33.3 Å². The van der Waals surface area contributed by atoms with Gasteiger partial charge in [0.2, 0.25) is 11.7 Å². The minimum Gasteiger partial charge on any atom is -0.502 e. The first-order valence-corrected chi connectivity index (χ1v) is 10.8. The van der Waals surface area contributed by atoms with Crippen molar-refractivity contribution in [2.24, 2.45) is 7.05 Å². The Kier molecular flexibility index (Phi) is 6.20. The second-order valence-electron chi connectivity index (χ2n) is 8.24. The van der Waals surface area contributed by atoms with E-state index < -0.39 is 6.04 Å². The molecule has 0 saturated heterocycles. The highest BCUT2D eigenvalue weighted by Gasteiger charge is 2.32. The van der Waals surface area contributed by atoms with Gasteiger partial charge in [-0.2, -0.15) is 0 Å². The number of hydrogen-bond donors (Lipinski definition) is 2. The lowest BCUT2D eigenvalue weighted by atomic mass is 9.95. The van der Waals surface area contributed by atoms with Crippen molar-refractivity contribution in [1.29, 1.82) is 0 Å². The average molecular weight is 463 g/mol. The summed E-state index contributed by atoms with van der Waals surface area (Å²) in [5.74, 6) is -0.0549. The van der Waals surface area contributed by atoms with Crippen LogP contribution in [0.4, 0.5) is 4.39 Å². The highest BCUT2D eigenvalue weighted by Crippen LogP contribution is 2.48. The average Bonchev–Trinajstić information content (AvgIpc) is 3.33. The van der Waals surface area contributed by atoms with Crippen molar-refractivity contribution in [1.82, 2.24) is 9.88 Å². The quantitative estimate of drug-likeness (QED) is 0.535. The first kappa shape index (κ1) is 23.2. The molecule has 1 aliphatic rings. The van der Waals surface area contributed by atoms with Gasteiger partial charge < -0.3 is 24.5 Å². The van der Waals surface area contributed by atoms with Crippen LogP contribution in [0.25, 0.3) is 17.2 Å². The van der Waals surface area contributed by atoms with Gasteiger partial charge in [-0.3, -0.25) is 4.79 Å². The maximum absolute atomic E-state index is 14.4. The molecule has 2 aromatic carbocycles. The third-order valence-corrected chi connectivity index (χ3v) is 6.10. The molecule has 1 atom stereocenters. The number of hydrogen-bond acceptors (Lipinski definition) is 4. The van der Waals surface area contributed by atoms with Crippen molar-refractivity contribution >= 4 is 23.1 Å². The number of halogens is 1. The molecule has 1 aromatic heterocycles. The molecule has 0 bridgehead atoms. The first-order valence-electron chi connectivity index (χ1n) is 10.8. The highest BCUT2D eigenvalue weighted by molar-refractivity contribution is 6.06. The Morgan fingerprint density at radius 2 is 1.79 bits per heavy atom. The van der Waals surface area contributed by atoms with Gasteiger partial charge in [0.1, 0.15) is 5.82 Å². The zero-order chi connectivity index (χ0) is 24.6. The summed E-state index contributed by atoms with van der Waals surface area (Å²) in [6, 6.07) is 11.5. The van der Waals surface area contributed by atoms with E-state index in [0.717, 1.165) is 39.1 Å². The van der Waals surface area contributed by atoms with Crippen molar-refractivity contribution < 1.29 is 23.8 Å². The molecule has 2 N–H and O–H groups in total. The topological polar surface area (TPSA) is 72.7 Å². The second-order valence-corrected chi connectivity index (χ2v) is 8.24. The number of phenolic OH excluding ortho intramolecular Hbond substituents is 1. The van der Waals surface area contributed by atoms with E-state index in [1.807, 2.05) is 42.9 Å². The zero-order valence-corrected chi connectivity index (χ0v) is 19.8. The van der Waals surface area contributed by atoms with Crippen LogP contribution in [0, 0.1) is 5.82 Å². The molecule has 1 aliphatic carbocycles. The Balaban J connectivity index is 1.95. The van der Waals surface area contributed by atoms with Gasteiger partial charge in [-0.25, -0.2) is 4.39 Å². The van der Waals surface area contributed by atoms with Crippen molar-refractivity contribution in [2.75, 3.05) is 14.2 Å². The number of nitrogens with zero attached hydrogens (tertiary/aromatic N) is 1. The van der Waals surface area contributed by atoms with Crippen molar-refractivity contribution in [3.63, 3.8) is 0 Å². The number of allylic oxidation sites excluding steroid dienone is 2. The molecule has 34 heavy (non-hydrogen) atoms. The van der Waals surface area contributed by atoms with E-state index in [1.54, 1.807) is 18.2 Å². The molecule has 0 aliphatic heterocycles. The van der Waals surface area contributed by atoms with Crippen LogP contribution in [0.2, 0.25) is 0 Å². The van der Waals surface area contributed by atoms with Crippen LogP contribution in [0.1, 0.15) is 42.3 Å². The maximum atomic E-state index is 14.4. The SMILES string of the molecule is COc1cc(/C=C2/C(C)=C(C(NC(C)=O)c3cccn3C)c3cc(F)ccc32)cc(OC)c1O. The van der Waals surface area contributed by atoms with Gasteiger partial charge >= 0.3 is 0 Å². The van der Waals surface area contributed by atoms with Crippen molar-refractivity contribution in [3.05, 3.63) is 82.4 Å². The Bertz CT molecular complexity index is 1310. The van der Waals surface area contributed by atoms with Crippen molar-refractivity contribution in [3.8, 4) is 17.2 Å². The van der Waals surface area contributed by atoms with Crippen LogP contribution in [0.3, 0.4) is 0 Å². The van der Waals surface area contributed by atoms with E-state index >= 15 is 0 Å². The summed E-state index contributed by atoms with van der Waals surface area (Å²) in [6.07, 6.45) is 3.85. The maximum Gasteiger partial charge on any atom is 0.217 e. The first-order chi connectivity index (χ1) is 16.2. The number of fused-ring (bicyclic) bond motifs is 1. The van der Waals surface area contributed by atoms with Gasteiger partial charge in [0.15, 0.2) is 11.5 Å². The fraction of sp³-hybridized carbons (Fsp3) is 0.222. The van der Waals surface area contributed by atoms with Crippen LogP contribution in [-0.2, 0) is 11.8 Å². The summed E-state index contributed by atoms with van der Waals surface area (Å²) in [5, 5.41) is 13.3. The second kappa shape index (κ2) is 9.09. The largest absolute Gasteiger partial charge is 0.502 e. The number of rotatable bonds is 6. The summed E-state index contributed by atoms with van der Waals surface area (Å²) in [7, 11) is 4.85. The van der Waals surface area contributed by atoms with Crippen LogP contribution >= 0.6 is 0 Å². The van der Waals surface area contributed by atoms with Gasteiger partial charge in [0.25, 0.3) is 0 Å². The predicted octanol–water partition coefficient (Wildman–Crippen LogP) is 5.09. The van der Waals surface area contributed by atoms with Crippen molar-refractivity contribution in [2.45, 2.75) is 19.9 Å². The summed E-state index contributed by atoms with van der Waals surface area (Å²) in [5.41, 5.74) is 5.82. The Hall–Kier alpha value is -4.00. The molecule has 1 heterocycles. The van der Waals surface area contributed by atoms with E-state index in [4.69, 9.17) is 9.47 Å². The monoisotopic (exact) mass is 462 g/mol. The summed E-state index contributed by atoms with van der Waals surface area (Å²) in [6.45, 7) is 3.44. The summed E-state index contributed by atoms with van der Waals surface area (Å²) >= 11 is 0. The molecule has 6 nitrogen and oxygen atoms in total. The van der Waals surface area contributed by atoms with Gasteiger partial charge in [0.05, 0.1) is 20.3 Å². The molecule has 3 aromatic rings. The third kappa shape index (κ3) is 4.05. The third-order valence-electron chi connectivity index (χ3n) is 6.10. The Morgan fingerprint density at radius 3 is 2.35 bits per heavy atom. The number of aryl methyl sites for hydroxylation is 1. The number of phenols is 1. The van der Waals surface area contributed by atoms with E-state index in [0.29, 0.717) is 0 Å². The Labute approximate surface area is 197 Å². The number of carbonyl (C=O) groups excluding carboxylic acids is 1. The van der Waals surface area contributed by atoms with Gasteiger partial charge in [-0.05, 0) is 82.8 Å². The molecule has 0 saturated carbocycles. The lowest BCUT2D eigenvalue weighted by Gasteiger charge is -2.22. The number of methoxy groups -OCH3 is 2. The number of carbonyl (C=O) groups is 1. The number of nitrogens with one attached hydrogen (secondary N) is 1. The molecule has 1 amide bonds. The number of aromatic hydroxyl groups is 1. The standard InChI is InChI=1S/C27H27FN2O4/c1-15-20(11-17-12-23(33-4)27(32)24(13-17)34-5)19-9-8-18(28)14-21(19)25(15)26(29-16(2)31)22-7-6-10-30(22)3/h6-14,26,32H,1-5H3,(H,29,31)/b20-11-. The van der Waals surface area contributed by atoms with E-state index in [2.05, 4.69) is 5.32 Å². The fourth-order valence-corrected chi connectivity index (χ4v) is 4.52. The molecule has 7 heteroatoms. The molecule has 1 unspecified atom stereocenters. The fourth-order valence-electron chi connectivity index (χ4n) is 4.52. The number of benzene rings is 2. The number of aromatic nitrogens is 1. The van der Waals surface area contributed by atoms with Crippen LogP contribution in [-0.4, -0.2) is 29.8 Å². The van der Waals surface area contributed by atoms with E-state index in [-0.39, 0.29) is 29.0 Å². The highest BCUT2D eigenvalue weighted by atomic mass is 19.1. The number of amides is 1. The smallest absolute Gasteiger partial charge is 0.217 e. The zero-order valence-electron chi connectivity index (χ0n) is 19.8. The molecule has 176 valence electrons. The van der Waals surface area contributed by atoms with Crippen LogP contribution in [0.15, 0.2) is 54.2 Å². The number of ether oxygens (including phenoxy) is 2. The lowest BCUT2D eigenvalue weighted by Crippen LogP contribution is -2.28. The molecule has 0 fully saturated rings.